The largest absolute Gasteiger partial charge is 2.00 e. The Balaban J connectivity index is 0.00000267. The second-order valence-electron chi connectivity index (χ2n) is 9.26. The molecule has 0 atom stereocenters. The fourth-order valence-corrected chi connectivity index (χ4v) is 4.99. The van der Waals surface area contributed by atoms with E-state index in [1.165, 1.54) is 0 Å². The number of aromatic nitrogens is 2. The van der Waals surface area contributed by atoms with Crippen molar-refractivity contribution < 1.29 is 26.2 Å². The predicted molar refractivity (Wildman–Crippen MR) is 141 cm³/mol. The van der Waals surface area contributed by atoms with E-state index >= 15 is 0 Å². The third kappa shape index (κ3) is 3.66. The molecule has 4 aromatic carbocycles. The molecule has 5 aromatic rings. The van der Waals surface area contributed by atoms with Crippen LogP contribution in [0.3, 0.4) is 0 Å². The topological polar surface area (TPSA) is 53.7 Å². The van der Waals surface area contributed by atoms with Gasteiger partial charge in [0.2, 0.25) is 0 Å². The first-order valence-corrected chi connectivity index (χ1v) is 11.6. The molecule has 0 fully saturated rings. The number of para-hydroxylation sites is 3. The normalized spacial score (nSPS) is 13.4. The van der Waals surface area contributed by atoms with Gasteiger partial charge in [-0.05, 0) is 44.2 Å². The number of aliphatic imine (C=N–C) groups is 1. The van der Waals surface area contributed by atoms with E-state index in [0.29, 0.717) is 5.69 Å². The molecular weight excluding hydrogens is 627 g/mol. The molecule has 6 rings (SSSR count). The Morgan fingerprint density at radius 3 is 2.53 bits per heavy atom. The second kappa shape index (κ2) is 9.07. The summed E-state index contributed by atoms with van der Waals surface area (Å²) < 4.78 is 2.19. The van der Waals surface area contributed by atoms with E-state index < -0.39 is 0 Å². The molecule has 6 heteroatoms. The fourth-order valence-electron chi connectivity index (χ4n) is 4.99. The van der Waals surface area contributed by atoms with Gasteiger partial charge in [0, 0.05) is 12.0 Å². The Labute approximate surface area is 225 Å². The van der Waals surface area contributed by atoms with Crippen molar-refractivity contribution in [2.24, 2.45) is 4.99 Å². The van der Waals surface area contributed by atoms with Crippen LogP contribution in [0.4, 0.5) is 17.1 Å². The Hall–Kier alpha value is -3.69. The average molecular weight is 652 g/mol. The summed E-state index contributed by atoms with van der Waals surface area (Å²) in [6, 6.07) is 30.9. The molecule has 5 nitrogen and oxygen atoms in total. The zero-order valence-electron chi connectivity index (χ0n) is 20.1. The second-order valence-corrected chi connectivity index (χ2v) is 9.26. The van der Waals surface area contributed by atoms with E-state index in [9.17, 15) is 5.11 Å². The summed E-state index contributed by atoms with van der Waals surface area (Å²) in [6.07, 6.45) is 3.25. The zero-order valence-corrected chi connectivity index (χ0v) is 22.4. The molecule has 36 heavy (non-hydrogen) atoms. The Morgan fingerprint density at radius 2 is 1.75 bits per heavy atom. The number of hydrogen-bond acceptors (Lipinski definition) is 3. The van der Waals surface area contributed by atoms with Gasteiger partial charge in [-0.25, -0.2) is 11.1 Å². The molecule has 0 amide bonds. The minimum absolute atomic E-state index is 0. The summed E-state index contributed by atoms with van der Waals surface area (Å²) in [5.74, 6) is 1.000. The van der Waals surface area contributed by atoms with Gasteiger partial charge < -0.3 is 19.6 Å². The first-order valence-electron chi connectivity index (χ1n) is 11.6. The first kappa shape index (κ1) is 24.0. The molecule has 1 aliphatic heterocycles. The van der Waals surface area contributed by atoms with Crippen molar-refractivity contribution in [3.8, 4) is 17.1 Å². The molecule has 0 radical (unpaired) electrons. The van der Waals surface area contributed by atoms with Crippen LogP contribution < -0.4 is 4.90 Å². The Morgan fingerprint density at radius 1 is 0.972 bits per heavy atom. The smallest absolute Gasteiger partial charge is 0.507 e. The van der Waals surface area contributed by atoms with Crippen molar-refractivity contribution in [3.05, 3.63) is 102 Å². The fraction of sp³-hybridized carbons (Fsp3) is 0.133. The van der Waals surface area contributed by atoms with Crippen molar-refractivity contribution in [3.63, 3.8) is 0 Å². The third-order valence-electron chi connectivity index (χ3n) is 6.71. The van der Waals surface area contributed by atoms with Crippen LogP contribution in [0.15, 0.2) is 89.9 Å². The summed E-state index contributed by atoms with van der Waals surface area (Å²) >= 11 is 0. The minimum Gasteiger partial charge on any atom is -0.507 e. The molecule has 0 spiro atoms. The standard InChI is InChI=1S/C30H24N4O.Pt/c1-20-11-7-8-16-24(20)33(21-12-5-4-6-13-21)19-31-23-15-10-17-25-28(23)32-29-27-22(14-9-18-26(27)35)30(2,3)34(25)29;/h4-12,14-18,35H,1-3H3;/q-2;+2. The average Bonchev–Trinajstić information content (AvgIpc) is 3.36. The maximum Gasteiger partial charge on any atom is 2.00 e. The number of aryl methyl sites for hydroxylation is 1. The molecular formula is C30H24N4OPt. The van der Waals surface area contributed by atoms with E-state index in [-0.39, 0.29) is 32.4 Å². The monoisotopic (exact) mass is 651 g/mol. The van der Waals surface area contributed by atoms with Gasteiger partial charge in [0.15, 0.2) is 0 Å². The van der Waals surface area contributed by atoms with Crippen LogP contribution >= 0.6 is 0 Å². The number of nitrogens with zero attached hydrogens (tertiary/aromatic N) is 4. The first-order chi connectivity index (χ1) is 17.0. The minimum atomic E-state index is -0.351. The van der Waals surface area contributed by atoms with Gasteiger partial charge in [0.25, 0.3) is 0 Å². The van der Waals surface area contributed by atoms with Gasteiger partial charge in [0.1, 0.15) is 11.6 Å². The summed E-state index contributed by atoms with van der Waals surface area (Å²) in [4.78, 5) is 11.7. The zero-order chi connectivity index (χ0) is 24.2. The van der Waals surface area contributed by atoms with Crippen LogP contribution in [-0.4, -0.2) is 21.0 Å². The summed E-state index contributed by atoms with van der Waals surface area (Å²) in [7, 11) is 0. The summed E-state index contributed by atoms with van der Waals surface area (Å²) in [6.45, 7) is 6.37. The number of anilines is 2. The van der Waals surface area contributed by atoms with Crippen molar-refractivity contribution in [2.75, 3.05) is 4.90 Å². The van der Waals surface area contributed by atoms with E-state index in [1.54, 1.807) is 6.07 Å². The van der Waals surface area contributed by atoms with E-state index in [0.717, 1.165) is 44.9 Å². The predicted octanol–water partition coefficient (Wildman–Crippen LogP) is 6.99. The molecule has 0 saturated carbocycles. The number of benzene rings is 4. The van der Waals surface area contributed by atoms with E-state index in [1.807, 2.05) is 65.6 Å². The van der Waals surface area contributed by atoms with Crippen molar-refractivity contribution in [1.29, 1.82) is 0 Å². The molecule has 1 aromatic heterocycles. The Kier molecular flexibility index (Phi) is 6.05. The number of phenols is 1. The maximum atomic E-state index is 10.7. The molecule has 2 heterocycles. The summed E-state index contributed by atoms with van der Waals surface area (Å²) in [5.41, 5.74) is 6.91. The Bertz CT molecular complexity index is 1600. The van der Waals surface area contributed by atoms with Crippen LogP contribution in [-0.2, 0) is 26.6 Å². The third-order valence-corrected chi connectivity index (χ3v) is 6.71. The molecule has 0 unspecified atom stereocenters. The van der Waals surface area contributed by atoms with Crippen molar-refractivity contribution in [1.82, 2.24) is 9.55 Å². The number of fused-ring (bicyclic) bond motifs is 5. The van der Waals surface area contributed by atoms with Crippen LogP contribution in [0.5, 0.6) is 5.75 Å². The van der Waals surface area contributed by atoms with Gasteiger partial charge in [-0.2, -0.15) is 30.0 Å². The summed E-state index contributed by atoms with van der Waals surface area (Å²) in [5, 5.41) is 10.7. The van der Waals surface area contributed by atoms with E-state index in [2.05, 4.69) is 55.9 Å². The molecule has 0 aliphatic carbocycles. The molecule has 1 aliphatic rings. The van der Waals surface area contributed by atoms with Crippen LogP contribution in [0.25, 0.3) is 22.4 Å². The van der Waals surface area contributed by atoms with Crippen LogP contribution in [0.2, 0.25) is 0 Å². The number of imidazole rings is 1. The molecule has 0 bridgehead atoms. The SMILES string of the molecule is Cc1ccccc1N([C-]=Nc1cccc2c1nc1n2C(C)(C)c2cccc(O)c2-1)c1[c-]cccc1.[Pt+2]. The van der Waals surface area contributed by atoms with Gasteiger partial charge in [0.05, 0.1) is 22.1 Å². The molecule has 1 N–H and O–H groups in total. The number of rotatable bonds is 4. The van der Waals surface area contributed by atoms with Gasteiger partial charge in [-0.1, -0.05) is 54.1 Å². The van der Waals surface area contributed by atoms with Crippen LogP contribution in [0.1, 0.15) is 25.0 Å². The van der Waals surface area contributed by atoms with Crippen molar-refractivity contribution in [2.45, 2.75) is 26.3 Å². The quantitative estimate of drug-likeness (QED) is 0.0988. The number of hydrogen-bond donors (Lipinski definition) is 1. The van der Waals surface area contributed by atoms with Gasteiger partial charge in [-0.15, -0.1) is 0 Å². The van der Waals surface area contributed by atoms with Crippen LogP contribution in [0, 0.1) is 13.0 Å². The van der Waals surface area contributed by atoms with Crippen molar-refractivity contribution >= 4 is 34.4 Å². The molecule has 180 valence electrons. The van der Waals surface area contributed by atoms with Gasteiger partial charge in [-0.3, -0.25) is 0 Å². The number of aromatic hydroxyl groups is 1. The van der Waals surface area contributed by atoms with E-state index in [4.69, 9.17) is 9.98 Å². The molecule has 0 saturated heterocycles. The maximum absolute atomic E-state index is 10.7. The van der Waals surface area contributed by atoms with Gasteiger partial charge >= 0.3 is 21.1 Å². The number of phenolic OH excluding ortho intramolecular Hbond substituents is 1.